The van der Waals surface area contributed by atoms with E-state index >= 15 is 0 Å². The van der Waals surface area contributed by atoms with E-state index in [-0.39, 0.29) is 5.91 Å². The van der Waals surface area contributed by atoms with E-state index < -0.39 is 0 Å². The Morgan fingerprint density at radius 3 is 2.76 bits per heavy atom. The van der Waals surface area contributed by atoms with E-state index in [0.29, 0.717) is 16.6 Å². The molecule has 5 rings (SSSR count). The molecule has 3 aromatic heterocycles. The molecule has 0 unspecified atom stereocenters. The van der Waals surface area contributed by atoms with Crippen LogP contribution in [0.4, 0.5) is 0 Å². The van der Waals surface area contributed by atoms with Crippen molar-refractivity contribution < 1.29 is 4.79 Å². The number of benzene rings is 1. The van der Waals surface area contributed by atoms with Gasteiger partial charge in [0.05, 0.1) is 0 Å². The maximum atomic E-state index is 12.9. The summed E-state index contributed by atoms with van der Waals surface area (Å²) >= 11 is 7.44. The SMILES string of the molecule is O=C(c1csc(-c2ccc(Cl)cc2)n1)N1CCC(c2c[nH]c3ncccc23)CC1. The van der Waals surface area contributed by atoms with Gasteiger partial charge in [0.15, 0.2) is 0 Å². The van der Waals surface area contributed by atoms with Crippen molar-refractivity contribution in [3.05, 3.63) is 70.5 Å². The van der Waals surface area contributed by atoms with Crippen LogP contribution in [0.15, 0.2) is 54.2 Å². The van der Waals surface area contributed by atoms with Crippen LogP contribution in [0.5, 0.6) is 0 Å². The van der Waals surface area contributed by atoms with Crippen LogP contribution in [-0.2, 0) is 0 Å². The number of carbonyl (C=O) groups is 1. The van der Waals surface area contributed by atoms with Crippen molar-refractivity contribution in [3.63, 3.8) is 0 Å². The minimum atomic E-state index is 0.0144. The van der Waals surface area contributed by atoms with E-state index in [9.17, 15) is 4.79 Å². The second-order valence-corrected chi connectivity index (χ2v) is 8.55. The summed E-state index contributed by atoms with van der Waals surface area (Å²) in [4.78, 5) is 27.1. The monoisotopic (exact) mass is 422 g/mol. The molecule has 5 nitrogen and oxygen atoms in total. The fourth-order valence-electron chi connectivity index (χ4n) is 3.97. The van der Waals surface area contributed by atoms with Gasteiger partial charge >= 0.3 is 0 Å². The number of nitrogens with zero attached hydrogens (tertiary/aromatic N) is 3. The third-order valence-corrected chi connectivity index (χ3v) is 6.66. The third-order valence-electron chi connectivity index (χ3n) is 5.52. The lowest BCUT2D eigenvalue weighted by molar-refractivity contribution is 0.0708. The van der Waals surface area contributed by atoms with Crippen LogP contribution >= 0.6 is 22.9 Å². The summed E-state index contributed by atoms with van der Waals surface area (Å²) in [6, 6.07) is 11.6. The molecule has 4 aromatic rings. The van der Waals surface area contributed by atoms with E-state index in [1.54, 1.807) is 6.20 Å². The lowest BCUT2D eigenvalue weighted by atomic mass is 9.89. The molecule has 1 fully saturated rings. The van der Waals surface area contributed by atoms with Crippen LogP contribution in [0.3, 0.4) is 0 Å². The van der Waals surface area contributed by atoms with Crippen LogP contribution in [0.1, 0.15) is 34.8 Å². The highest BCUT2D eigenvalue weighted by Gasteiger charge is 2.27. The van der Waals surface area contributed by atoms with Gasteiger partial charge < -0.3 is 9.88 Å². The zero-order valence-corrected chi connectivity index (χ0v) is 17.2. The van der Waals surface area contributed by atoms with Crippen molar-refractivity contribution in [1.82, 2.24) is 19.9 Å². The van der Waals surface area contributed by atoms with Crippen LogP contribution in [0.2, 0.25) is 5.02 Å². The van der Waals surface area contributed by atoms with E-state index in [1.807, 2.05) is 40.6 Å². The largest absolute Gasteiger partial charge is 0.346 e. The van der Waals surface area contributed by atoms with Gasteiger partial charge in [-0.15, -0.1) is 11.3 Å². The first-order chi connectivity index (χ1) is 14.2. The Bertz CT molecular complexity index is 1160. The quantitative estimate of drug-likeness (QED) is 0.483. The molecule has 4 heterocycles. The van der Waals surface area contributed by atoms with Gasteiger partial charge in [0.2, 0.25) is 0 Å². The summed E-state index contributed by atoms with van der Waals surface area (Å²) in [5, 5.41) is 4.56. The summed E-state index contributed by atoms with van der Waals surface area (Å²) < 4.78 is 0. The van der Waals surface area contributed by atoms with Crippen LogP contribution in [-0.4, -0.2) is 38.8 Å². The molecule has 0 bridgehead atoms. The van der Waals surface area contributed by atoms with Gasteiger partial charge in [-0.1, -0.05) is 23.7 Å². The molecule has 1 amide bonds. The Hall–Kier alpha value is -2.70. The van der Waals surface area contributed by atoms with Crippen LogP contribution in [0, 0.1) is 0 Å². The maximum absolute atomic E-state index is 12.9. The normalized spacial score (nSPS) is 15.1. The van der Waals surface area contributed by atoms with E-state index in [4.69, 9.17) is 11.6 Å². The number of fused-ring (bicyclic) bond motifs is 1. The highest BCUT2D eigenvalue weighted by molar-refractivity contribution is 7.13. The molecule has 0 saturated carbocycles. The topological polar surface area (TPSA) is 61.9 Å². The van der Waals surface area contributed by atoms with Gasteiger partial charge in [-0.25, -0.2) is 9.97 Å². The first kappa shape index (κ1) is 18.3. The van der Waals surface area contributed by atoms with E-state index in [2.05, 4.69) is 27.2 Å². The minimum Gasteiger partial charge on any atom is -0.346 e. The first-order valence-electron chi connectivity index (χ1n) is 9.62. The molecule has 0 aliphatic carbocycles. The number of amides is 1. The van der Waals surface area contributed by atoms with Gasteiger partial charge in [0.25, 0.3) is 5.91 Å². The molecule has 0 atom stereocenters. The molecule has 1 aliphatic heterocycles. The number of hydrogen-bond acceptors (Lipinski definition) is 4. The van der Waals surface area contributed by atoms with Crippen LogP contribution < -0.4 is 0 Å². The molecule has 1 aromatic carbocycles. The number of thiazole rings is 1. The average molecular weight is 423 g/mol. The van der Waals surface area contributed by atoms with Crippen molar-refractivity contribution >= 4 is 39.9 Å². The Balaban J connectivity index is 1.27. The molecule has 1 saturated heterocycles. The molecule has 1 N–H and O–H groups in total. The van der Waals surface area contributed by atoms with Crippen LogP contribution in [0.25, 0.3) is 21.6 Å². The number of aromatic amines is 1. The Morgan fingerprint density at radius 2 is 1.97 bits per heavy atom. The summed E-state index contributed by atoms with van der Waals surface area (Å²) in [5.74, 6) is 0.456. The van der Waals surface area contributed by atoms with Crippen molar-refractivity contribution in [1.29, 1.82) is 0 Å². The summed E-state index contributed by atoms with van der Waals surface area (Å²) in [6.07, 6.45) is 5.76. The molecule has 0 radical (unpaired) electrons. The number of rotatable bonds is 3. The van der Waals surface area contributed by atoms with Gasteiger partial charge in [-0.3, -0.25) is 4.79 Å². The molecule has 0 spiro atoms. The molecule has 1 aliphatic rings. The average Bonchev–Trinajstić information content (AvgIpc) is 3.42. The summed E-state index contributed by atoms with van der Waals surface area (Å²) in [7, 11) is 0. The highest BCUT2D eigenvalue weighted by Crippen LogP contribution is 2.33. The van der Waals surface area contributed by atoms with Crippen molar-refractivity contribution in [2.24, 2.45) is 0 Å². The molecule has 146 valence electrons. The van der Waals surface area contributed by atoms with E-state index in [1.165, 1.54) is 22.3 Å². The number of pyridine rings is 1. The standard InChI is InChI=1S/C22H19ClN4OS/c23-16-5-3-15(4-6-16)21-26-19(13-29-21)22(28)27-10-7-14(8-11-27)18-12-25-20-17(18)2-1-9-24-20/h1-6,9,12-14H,7-8,10-11H2,(H,24,25). The van der Waals surface area contributed by atoms with Gasteiger partial charge in [-0.05, 0) is 48.6 Å². The summed E-state index contributed by atoms with van der Waals surface area (Å²) in [5.41, 5.74) is 3.73. The number of hydrogen-bond donors (Lipinski definition) is 1. The molecular formula is C22H19ClN4OS. The lowest BCUT2D eigenvalue weighted by Crippen LogP contribution is -2.38. The Labute approximate surface area is 177 Å². The second-order valence-electron chi connectivity index (χ2n) is 7.25. The zero-order valence-electron chi connectivity index (χ0n) is 15.6. The van der Waals surface area contributed by atoms with Gasteiger partial charge in [0.1, 0.15) is 16.3 Å². The fourth-order valence-corrected chi connectivity index (χ4v) is 4.89. The Morgan fingerprint density at radius 1 is 1.17 bits per heavy atom. The first-order valence-corrected chi connectivity index (χ1v) is 10.9. The number of piperidine rings is 1. The molecule has 7 heteroatoms. The highest BCUT2D eigenvalue weighted by atomic mass is 35.5. The second kappa shape index (κ2) is 7.61. The zero-order chi connectivity index (χ0) is 19.8. The predicted molar refractivity (Wildman–Crippen MR) is 117 cm³/mol. The Kier molecular flexibility index (Phi) is 4.81. The summed E-state index contributed by atoms with van der Waals surface area (Å²) in [6.45, 7) is 1.48. The predicted octanol–water partition coefficient (Wildman–Crippen LogP) is 5.36. The van der Waals surface area contributed by atoms with Crippen molar-refractivity contribution in [2.75, 3.05) is 13.1 Å². The van der Waals surface area contributed by atoms with Crippen molar-refractivity contribution in [2.45, 2.75) is 18.8 Å². The van der Waals surface area contributed by atoms with Gasteiger partial charge in [0, 0.05) is 46.8 Å². The smallest absolute Gasteiger partial charge is 0.273 e. The number of aromatic nitrogens is 3. The maximum Gasteiger partial charge on any atom is 0.273 e. The number of carbonyl (C=O) groups excluding carboxylic acids is 1. The lowest BCUT2D eigenvalue weighted by Gasteiger charge is -2.31. The number of H-pyrrole nitrogens is 1. The third kappa shape index (κ3) is 3.54. The fraction of sp³-hybridized carbons (Fsp3) is 0.227. The van der Waals surface area contributed by atoms with E-state index in [0.717, 1.165) is 42.1 Å². The number of nitrogens with one attached hydrogen (secondary N) is 1. The molecular weight excluding hydrogens is 404 g/mol. The van der Waals surface area contributed by atoms with Crippen molar-refractivity contribution in [3.8, 4) is 10.6 Å². The number of likely N-dealkylation sites (tertiary alicyclic amines) is 1. The van der Waals surface area contributed by atoms with Gasteiger partial charge in [-0.2, -0.15) is 0 Å². The minimum absolute atomic E-state index is 0.0144. The molecule has 29 heavy (non-hydrogen) atoms. The number of halogens is 1.